The molecule has 0 aromatic heterocycles. The third kappa shape index (κ3) is 3.09. The first-order chi connectivity index (χ1) is 8.90. The van der Waals surface area contributed by atoms with Gasteiger partial charge in [-0.2, -0.15) is 0 Å². The van der Waals surface area contributed by atoms with E-state index in [2.05, 4.69) is 52.7 Å². The molecule has 104 valence electrons. The predicted molar refractivity (Wildman–Crippen MR) is 88.9 cm³/mol. The maximum atomic E-state index is 5.85. The zero-order valence-electron chi connectivity index (χ0n) is 11.6. The second-order valence-electron chi connectivity index (χ2n) is 5.29. The second kappa shape index (κ2) is 5.77. The topological polar surface area (TPSA) is 32.5 Å². The fraction of sp³-hybridized carbons (Fsp3) is 0.500. The zero-order valence-corrected chi connectivity index (χ0v) is 14.0. The number of hydrogen-bond donors (Lipinski definition) is 1. The van der Waals surface area contributed by atoms with Crippen LogP contribution in [0, 0.1) is 0 Å². The van der Waals surface area contributed by atoms with Crippen LogP contribution in [0.2, 0.25) is 0 Å². The van der Waals surface area contributed by atoms with Crippen molar-refractivity contribution in [3.63, 3.8) is 0 Å². The maximum Gasteiger partial charge on any atom is 0.106 e. The molecule has 1 aliphatic heterocycles. The molecule has 2 unspecified atom stereocenters. The average molecular weight is 342 g/mol. The van der Waals surface area contributed by atoms with Crippen LogP contribution in [0.25, 0.3) is 0 Å². The van der Waals surface area contributed by atoms with Crippen LogP contribution in [0.15, 0.2) is 22.7 Å². The Balaban J connectivity index is 2.36. The Morgan fingerprint density at radius 2 is 1.89 bits per heavy atom. The van der Waals surface area contributed by atoms with Crippen molar-refractivity contribution >= 4 is 38.8 Å². The second-order valence-corrected chi connectivity index (χ2v) is 6.65. The Labute approximate surface area is 128 Å². The van der Waals surface area contributed by atoms with Gasteiger partial charge in [-0.15, -0.1) is 0 Å². The van der Waals surface area contributed by atoms with E-state index in [1.807, 2.05) is 12.1 Å². The van der Waals surface area contributed by atoms with Crippen molar-refractivity contribution in [2.45, 2.75) is 25.9 Å². The highest BCUT2D eigenvalue weighted by molar-refractivity contribution is 9.10. The van der Waals surface area contributed by atoms with Crippen LogP contribution in [-0.4, -0.2) is 42.1 Å². The number of thiocarbonyl (C=S) groups is 1. The highest BCUT2D eigenvalue weighted by Crippen LogP contribution is 2.28. The standard InChI is InChI=1S/C14H20BrN3S/c1-9-7-18(8-10(2)17(9)3)13-6-11(15)4-5-12(13)14(16)19/h4-6,9-10H,7-8H2,1-3H3,(H2,16,19). The van der Waals surface area contributed by atoms with E-state index >= 15 is 0 Å². The maximum absolute atomic E-state index is 5.85. The first-order valence-corrected chi connectivity index (χ1v) is 7.66. The predicted octanol–water partition coefficient (Wildman–Crippen LogP) is 2.61. The molecule has 0 amide bonds. The van der Waals surface area contributed by atoms with Crippen LogP contribution in [-0.2, 0) is 0 Å². The summed E-state index contributed by atoms with van der Waals surface area (Å²) in [5.41, 5.74) is 7.94. The first kappa shape index (κ1) is 14.8. The molecule has 0 aliphatic carbocycles. The number of anilines is 1. The lowest BCUT2D eigenvalue weighted by molar-refractivity contribution is 0.170. The minimum Gasteiger partial charge on any atom is -0.389 e. The molecule has 19 heavy (non-hydrogen) atoms. The molecule has 0 bridgehead atoms. The Morgan fingerprint density at radius 3 is 2.42 bits per heavy atom. The van der Waals surface area contributed by atoms with Gasteiger partial charge in [0.1, 0.15) is 4.99 Å². The number of likely N-dealkylation sites (N-methyl/N-ethyl adjacent to an activating group) is 1. The summed E-state index contributed by atoms with van der Waals surface area (Å²) in [5.74, 6) is 0. The fourth-order valence-corrected chi connectivity index (χ4v) is 3.10. The molecule has 1 saturated heterocycles. The lowest BCUT2D eigenvalue weighted by atomic mass is 10.1. The SMILES string of the molecule is CC1CN(c2cc(Br)ccc2C(N)=S)CC(C)N1C. The summed E-state index contributed by atoms with van der Waals surface area (Å²) in [7, 11) is 2.18. The van der Waals surface area contributed by atoms with Gasteiger partial charge in [0.15, 0.2) is 0 Å². The molecule has 1 fully saturated rings. The highest BCUT2D eigenvalue weighted by atomic mass is 79.9. The first-order valence-electron chi connectivity index (χ1n) is 6.46. The van der Waals surface area contributed by atoms with Crippen molar-refractivity contribution in [3.05, 3.63) is 28.2 Å². The lowest BCUT2D eigenvalue weighted by Gasteiger charge is -2.44. The number of rotatable bonds is 2. The van der Waals surface area contributed by atoms with E-state index in [9.17, 15) is 0 Å². The molecule has 2 rings (SSSR count). The summed E-state index contributed by atoms with van der Waals surface area (Å²) in [6.45, 7) is 6.49. The van der Waals surface area contributed by atoms with Crippen molar-refractivity contribution in [1.29, 1.82) is 0 Å². The van der Waals surface area contributed by atoms with Crippen LogP contribution in [0.1, 0.15) is 19.4 Å². The fourth-order valence-electron chi connectivity index (χ4n) is 2.58. The van der Waals surface area contributed by atoms with Crippen LogP contribution >= 0.6 is 28.1 Å². The molecule has 3 nitrogen and oxygen atoms in total. The molecular weight excluding hydrogens is 322 g/mol. The summed E-state index contributed by atoms with van der Waals surface area (Å²) in [5, 5.41) is 0. The Morgan fingerprint density at radius 1 is 1.32 bits per heavy atom. The molecule has 0 radical (unpaired) electrons. The zero-order chi connectivity index (χ0) is 14.2. The van der Waals surface area contributed by atoms with Crippen molar-refractivity contribution in [1.82, 2.24) is 4.90 Å². The largest absolute Gasteiger partial charge is 0.389 e. The van der Waals surface area contributed by atoms with Crippen LogP contribution in [0.5, 0.6) is 0 Å². The molecule has 0 spiro atoms. The van der Waals surface area contributed by atoms with E-state index in [0.29, 0.717) is 17.1 Å². The van der Waals surface area contributed by atoms with Gasteiger partial charge in [-0.1, -0.05) is 28.1 Å². The van der Waals surface area contributed by atoms with Crippen LogP contribution in [0.4, 0.5) is 5.69 Å². The lowest BCUT2D eigenvalue weighted by Crippen LogP contribution is -2.55. The van der Waals surface area contributed by atoms with E-state index < -0.39 is 0 Å². The van der Waals surface area contributed by atoms with Gasteiger partial charge in [0.05, 0.1) is 0 Å². The van der Waals surface area contributed by atoms with E-state index in [1.165, 1.54) is 0 Å². The van der Waals surface area contributed by atoms with Crippen molar-refractivity contribution in [3.8, 4) is 0 Å². The molecule has 1 aromatic carbocycles. The number of hydrogen-bond acceptors (Lipinski definition) is 3. The number of halogens is 1. The van der Waals surface area contributed by atoms with Crippen LogP contribution in [0.3, 0.4) is 0 Å². The van der Waals surface area contributed by atoms with Gasteiger partial charge < -0.3 is 10.6 Å². The smallest absolute Gasteiger partial charge is 0.106 e. The normalized spacial score (nSPS) is 24.5. The molecule has 1 aliphatic rings. The monoisotopic (exact) mass is 341 g/mol. The molecule has 0 saturated carbocycles. The van der Waals surface area contributed by atoms with Crippen molar-refractivity contribution in [2.24, 2.45) is 5.73 Å². The van der Waals surface area contributed by atoms with Gasteiger partial charge in [-0.3, -0.25) is 4.90 Å². The van der Waals surface area contributed by atoms with Gasteiger partial charge in [0.25, 0.3) is 0 Å². The average Bonchev–Trinajstić information content (AvgIpc) is 2.34. The Kier molecular flexibility index (Phi) is 4.48. The van der Waals surface area contributed by atoms with Crippen molar-refractivity contribution in [2.75, 3.05) is 25.0 Å². The van der Waals surface area contributed by atoms with Gasteiger partial charge in [0.2, 0.25) is 0 Å². The van der Waals surface area contributed by atoms with Gasteiger partial charge >= 0.3 is 0 Å². The molecule has 1 heterocycles. The summed E-state index contributed by atoms with van der Waals surface area (Å²) >= 11 is 8.70. The minimum absolute atomic E-state index is 0.460. The molecule has 2 atom stereocenters. The quantitative estimate of drug-likeness (QED) is 0.838. The van der Waals surface area contributed by atoms with E-state index in [4.69, 9.17) is 18.0 Å². The van der Waals surface area contributed by atoms with E-state index in [-0.39, 0.29) is 0 Å². The van der Waals surface area contributed by atoms with Crippen molar-refractivity contribution < 1.29 is 0 Å². The Bertz CT molecular complexity index is 480. The van der Waals surface area contributed by atoms with Gasteiger partial charge in [-0.05, 0) is 39.1 Å². The van der Waals surface area contributed by atoms with Gasteiger partial charge in [-0.25, -0.2) is 0 Å². The number of piperazine rings is 1. The minimum atomic E-state index is 0.460. The Hall–Kier alpha value is -0.650. The number of nitrogens with zero attached hydrogens (tertiary/aromatic N) is 2. The summed E-state index contributed by atoms with van der Waals surface area (Å²) in [6.07, 6.45) is 0. The molecule has 2 N–H and O–H groups in total. The van der Waals surface area contributed by atoms with E-state index in [0.717, 1.165) is 28.8 Å². The van der Waals surface area contributed by atoms with Crippen LogP contribution < -0.4 is 10.6 Å². The number of nitrogens with two attached hydrogens (primary N) is 1. The molecular formula is C14H20BrN3S. The third-order valence-corrected chi connectivity index (χ3v) is 4.64. The van der Waals surface area contributed by atoms with E-state index in [1.54, 1.807) is 0 Å². The highest BCUT2D eigenvalue weighted by Gasteiger charge is 2.28. The van der Waals surface area contributed by atoms with Gasteiger partial charge in [0, 0.05) is 40.9 Å². The summed E-state index contributed by atoms with van der Waals surface area (Å²) in [4.78, 5) is 5.26. The third-order valence-electron chi connectivity index (χ3n) is 3.93. The molecule has 1 aromatic rings. The molecule has 5 heteroatoms. The number of benzene rings is 1. The summed E-state index contributed by atoms with van der Waals surface area (Å²) < 4.78 is 1.06. The summed E-state index contributed by atoms with van der Waals surface area (Å²) in [6, 6.07) is 7.12.